The Balaban J connectivity index is 1.73. The number of aromatic nitrogens is 4. The molecule has 9 heteroatoms. The van der Waals surface area contributed by atoms with Gasteiger partial charge in [-0.05, 0) is 55.0 Å². The summed E-state index contributed by atoms with van der Waals surface area (Å²) in [5, 5.41) is 4.14. The van der Waals surface area contributed by atoms with E-state index in [1.54, 1.807) is 18.2 Å². The lowest BCUT2D eigenvalue weighted by Gasteiger charge is -2.11. The Morgan fingerprint density at radius 1 is 1.00 bits per heavy atom. The Bertz CT molecular complexity index is 1250. The summed E-state index contributed by atoms with van der Waals surface area (Å²) >= 11 is 0. The summed E-state index contributed by atoms with van der Waals surface area (Å²) in [6, 6.07) is 12.3. The second-order valence-electron chi connectivity index (χ2n) is 6.42. The van der Waals surface area contributed by atoms with Crippen LogP contribution in [0.1, 0.15) is 21.7 Å². The summed E-state index contributed by atoms with van der Waals surface area (Å²) in [6.45, 7) is 1.85. The molecule has 0 saturated heterocycles. The van der Waals surface area contributed by atoms with Gasteiger partial charge in [0.05, 0.1) is 28.6 Å². The van der Waals surface area contributed by atoms with Crippen molar-refractivity contribution in [2.24, 2.45) is 5.73 Å². The Labute approximate surface area is 162 Å². The van der Waals surface area contributed by atoms with E-state index >= 15 is 0 Å². The number of carbonyl (C=O) groups excluding carboxylic acids is 1. The highest BCUT2D eigenvalue weighted by atomic mass is 19.4. The molecular formula is C20H14F3N5O. The van der Waals surface area contributed by atoms with E-state index in [1.807, 2.05) is 13.0 Å². The number of aryl methyl sites for hydroxylation is 1. The van der Waals surface area contributed by atoms with Gasteiger partial charge in [-0.2, -0.15) is 18.3 Å². The van der Waals surface area contributed by atoms with Crippen LogP contribution in [-0.4, -0.2) is 25.7 Å². The molecule has 1 aromatic carbocycles. The number of fused-ring (bicyclic) bond motifs is 1. The quantitative estimate of drug-likeness (QED) is 0.568. The minimum atomic E-state index is -4.50. The summed E-state index contributed by atoms with van der Waals surface area (Å²) < 4.78 is 39.9. The van der Waals surface area contributed by atoms with Gasteiger partial charge in [-0.3, -0.25) is 4.79 Å². The van der Waals surface area contributed by atoms with E-state index in [1.165, 1.54) is 29.1 Å². The minimum absolute atomic E-state index is 0.166. The molecule has 146 valence electrons. The van der Waals surface area contributed by atoms with E-state index in [4.69, 9.17) is 5.73 Å². The van der Waals surface area contributed by atoms with Crippen molar-refractivity contribution in [1.82, 2.24) is 19.7 Å². The van der Waals surface area contributed by atoms with Gasteiger partial charge >= 0.3 is 6.18 Å². The summed E-state index contributed by atoms with van der Waals surface area (Å²) in [4.78, 5) is 19.6. The van der Waals surface area contributed by atoms with E-state index in [-0.39, 0.29) is 11.2 Å². The zero-order valence-corrected chi connectivity index (χ0v) is 15.1. The maximum atomic E-state index is 12.8. The van der Waals surface area contributed by atoms with E-state index in [0.717, 1.165) is 17.2 Å². The third-order valence-corrected chi connectivity index (χ3v) is 4.45. The Kier molecular flexibility index (Phi) is 4.30. The molecule has 3 heterocycles. The average molecular weight is 397 g/mol. The lowest BCUT2D eigenvalue weighted by atomic mass is 10.1. The van der Waals surface area contributed by atoms with Crippen LogP contribution in [0.4, 0.5) is 13.2 Å². The minimum Gasteiger partial charge on any atom is -0.364 e. The first-order valence-electron chi connectivity index (χ1n) is 8.54. The molecule has 1 amide bonds. The molecule has 0 saturated carbocycles. The van der Waals surface area contributed by atoms with Gasteiger partial charge in [0.1, 0.15) is 11.4 Å². The maximum absolute atomic E-state index is 12.8. The highest BCUT2D eigenvalue weighted by Crippen LogP contribution is 2.30. The number of primary amides is 1. The third kappa shape index (κ3) is 3.42. The second-order valence-corrected chi connectivity index (χ2v) is 6.42. The SMILES string of the molecule is Cc1cc(-c2ccc3nc(C(F)(F)F)ccc3n2)ccc1-n1nccc1C(N)=O. The molecule has 0 atom stereocenters. The zero-order chi connectivity index (χ0) is 20.8. The first kappa shape index (κ1) is 18.6. The van der Waals surface area contributed by atoms with Gasteiger partial charge in [0, 0.05) is 5.56 Å². The van der Waals surface area contributed by atoms with Gasteiger partial charge < -0.3 is 5.73 Å². The van der Waals surface area contributed by atoms with Crippen molar-refractivity contribution in [3.05, 3.63) is 71.7 Å². The Hall–Kier alpha value is -3.75. The molecule has 0 bridgehead atoms. The van der Waals surface area contributed by atoms with Crippen molar-refractivity contribution in [2.75, 3.05) is 0 Å². The van der Waals surface area contributed by atoms with Crippen molar-refractivity contribution in [1.29, 1.82) is 0 Å². The number of pyridine rings is 2. The van der Waals surface area contributed by atoms with Crippen molar-refractivity contribution in [3.8, 4) is 16.9 Å². The number of halogens is 3. The summed E-state index contributed by atoms with van der Waals surface area (Å²) in [7, 11) is 0. The molecule has 0 aliphatic carbocycles. The van der Waals surface area contributed by atoms with E-state index in [2.05, 4.69) is 15.1 Å². The molecule has 29 heavy (non-hydrogen) atoms. The van der Waals surface area contributed by atoms with Crippen LogP contribution in [0.5, 0.6) is 0 Å². The third-order valence-electron chi connectivity index (χ3n) is 4.45. The number of nitrogens with zero attached hydrogens (tertiary/aromatic N) is 4. The molecule has 0 aliphatic rings. The highest BCUT2D eigenvalue weighted by Gasteiger charge is 2.32. The Morgan fingerprint density at radius 3 is 2.41 bits per heavy atom. The number of hydrogen-bond donors (Lipinski definition) is 1. The number of carbonyl (C=O) groups is 1. The molecule has 0 radical (unpaired) electrons. The largest absolute Gasteiger partial charge is 0.433 e. The molecule has 0 aliphatic heterocycles. The predicted molar refractivity (Wildman–Crippen MR) is 100 cm³/mol. The first-order valence-corrected chi connectivity index (χ1v) is 8.54. The van der Waals surface area contributed by atoms with Crippen LogP contribution in [0.25, 0.3) is 28.0 Å². The number of rotatable bonds is 3. The van der Waals surface area contributed by atoms with Crippen molar-refractivity contribution < 1.29 is 18.0 Å². The number of nitrogens with two attached hydrogens (primary N) is 1. The molecule has 2 N–H and O–H groups in total. The van der Waals surface area contributed by atoms with Gasteiger partial charge in [-0.15, -0.1) is 0 Å². The van der Waals surface area contributed by atoms with Gasteiger partial charge in [0.15, 0.2) is 0 Å². The fourth-order valence-corrected chi connectivity index (χ4v) is 3.06. The molecular weight excluding hydrogens is 383 g/mol. The summed E-state index contributed by atoms with van der Waals surface area (Å²) in [5.74, 6) is -0.590. The fraction of sp³-hybridized carbons (Fsp3) is 0.100. The van der Waals surface area contributed by atoms with Gasteiger partial charge in [-0.25, -0.2) is 14.6 Å². The molecule has 0 fully saturated rings. The maximum Gasteiger partial charge on any atom is 0.433 e. The monoisotopic (exact) mass is 397 g/mol. The summed E-state index contributed by atoms with van der Waals surface area (Å²) in [6.07, 6.45) is -3.02. The molecule has 4 rings (SSSR count). The van der Waals surface area contributed by atoms with E-state index < -0.39 is 17.8 Å². The molecule has 0 unspecified atom stereocenters. The van der Waals surface area contributed by atoms with Crippen LogP contribution < -0.4 is 5.73 Å². The molecule has 3 aromatic heterocycles. The van der Waals surface area contributed by atoms with E-state index in [0.29, 0.717) is 16.9 Å². The molecule has 0 spiro atoms. The standard InChI is InChI=1S/C20H14F3N5O/c1-11-10-12(2-6-16(11)28-17(19(24)29)8-9-25-28)13-3-4-15-14(26-13)5-7-18(27-15)20(21,22)23/h2-10H,1H3,(H2,24,29). The van der Waals surface area contributed by atoms with Crippen molar-refractivity contribution in [2.45, 2.75) is 13.1 Å². The van der Waals surface area contributed by atoms with Crippen molar-refractivity contribution in [3.63, 3.8) is 0 Å². The number of alkyl halides is 3. The lowest BCUT2D eigenvalue weighted by molar-refractivity contribution is -0.140. The van der Waals surface area contributed by atoms with Crippen LogP contribution in [0.15, 0.2) is 54.7 Å². The second kappa shape index (κ2) is 6.69. The number of amides is 1. The van der Waals surface area contributed by atoms with Gasteiger partial charge in [0.25, 0.3) is 5.91 Å². The summed E-state index contributed by atoms with van der Waals surface area (Å²) in [5.41, 5.74) is 8.06. The Morgan fingerprint density at radius 2 is 1.72 bits per heavy atom. The smallest absolute Gasteiger partial charge is 0.364 e. The van der Waals surface area contributed by atoms with Crippen LogP contribution in [0, 0.1) is 6.92 Å². The number of hydrogen-bond acceptors (Lipinski definition) is 4. The molecule has 6 nitrogen and oxygen atoms in total. The van der Waals surface area contributed by atoms with E-state index in [9.17, 15) is 18.0 Å². The van der Waals surface area contributed by atoms with Crippen molar-refractivity contribution >= 4 is 16.9 Å². The van der Waals surface area contributed by atoms with Gasteiger partial charge in [0.2, 0.25) is 0 Å². The van der Waals surface area contributed by atoms with Crippen LogP contribution in [-0.2, 0) is 6.18 Å². The zero-order valence-electron chi connectivity index (χ0n) is 15.1. The lowest BCUT2D eigenvalue weighted by Crippen LogP contribution is -2.17. The number of benzene rings is 1. The predicted octanol–water partition coefficient (Wildman–Crippen LogP) is 3.91. The van der Waals surface area contributed by atoms with Crippen LogP contribution in [0.3, 0.4) is 0 Å². The average Bonchev–Trinajstić information content (AvgIpc) is 3.16. The highest BCUT2D eigenvalue weighted by molar-refractivity contribution is 5.91. The normalized spacial score (nSPS) is 11.7. The van der Waals surface area contributed by atoms with Crippen LogP contribution >= 0.6 is 0 Å². The van der Waals surface area contributed by atoms with Crippen LogP contribution in [0.2, 0.25) is 0 Å². The van der Waals surface area contributed by atoms with Gasteiger partial charge in [-0.1, -0.05) is 6.07 Å². The fourth-order valence-electron chi connectivity index (χ4n) is 3.06. The molecule has 4 aromatic rings. The topological polar surface area (TPSA) is 86.7 Å². The first-order chi connectivity index (χ1) is 13.7.